The molecular weight excluding hydrogens is 408 g/mol. The van der Waals surface area contributed by atoms with Gasteiger partial charge in [0.25, 0.3) is 11.8 Å². The minimum Gasteiger partial charge on any atom is -0.435 e. The summed E-state index contributed by atoms with van der Waals surface area (Å²) < 4.78 is 54.4. The van der Waals surface area contributed by atoms with E-state index in [-0.39, 0.29) is 16.2 Å². The quantitative estimate of drug-likeness (QED) is 0.655. The van der Waals surface area contributed by atoms with Crippen molar-refractivity contribution < 1.29 is 31.5 Å². The Kier molecular flexibility index (Phi) is 7.23. The van der Waals surface area contributed by atoms with Crippen LogP contribution in [0, 0.1) is 6.92 Å². The van der Waals surface area contributed by atoms with Gasteiger partial charge in [0.2, 0.25) is 10.0 Å². The maximum atomic E-state index is 12.4. The first kappa shape index (κ1) is 22.2. The number of amides is 2. The number of alkyl halides is 2. The van der Waals surface area contributed by atoms with Crippen LogP contribution in [0.2, 0.25) is 0 Å². The van der Waals surface area contributed by atoms with Gasteiger partial charge in [0.1, 0.15) is 5.75 Å². The summed E-state index contributed by atoms with van der Waals surface area (Å²) in [6.45, 7) is -1.78. The molecular formula is C18H19F2N3O5S. The minimum atomic E-state index is -3.89. The molecule has 2 amide bonds. The number of hydrogen-bond acceptors (Lipinski definition) is 5. The van der Waals surface area contributed by atoms with Gasteiger partial charge >= 0.3 is 6.61 Å². The number of carbonyl (C=O) groups excluding carboxylic acids is 2. The van der Waals surface area contributed by atoms with Crippen molar-refractivity contribution in [3.63, 3.8) is 0 Å². The average molecular weight is 427 g/mol. The highest BCUT2D eigenvalue weighted by molar-refractivity contribution is 7.89. The van der Waals surface area contributed by atoms with Crippen LogP contribution in [0.4, 0.5) is 8.78 Å². The molecule has 2 aromatic carbocycles. The Morgan fingerprint density at radius 2 is 1.76 bits per heavy atom. The standard InChI is InChI=1S/C18H19F2N3O5S/c1-12-6-8-15(9-7-12)29(26,27)23(2)11-16(24)21-22-17(25)13-4-3-5-14(10-13)28-18(19)20/h3-10,18H,11H2,1-2H3,(H,21,24)(H,22,25). The highest BCUT2D eigenvalue weighted by Gasteiger charge is 2.23. The second kappa shape index (κ2) is 9.43. The largest absolute Gasteiger partial charge is 0.435 e. The number of aryl methyl sites for hydroxylation is 1. The van der Waals surface area contributed by atoms with Crippen molar-refractivity contribution in [3.05, 3.63) is 59.7 Å². The van der Waals surface area contributed by atoms with Gasteiger partial charge in [-0.2, -0.15) is 13.1 Å². The number of ether oxygens (including phenoxy) is 1. The number of nitrogens with zero attached hydrogens (tertiary/aromatic N) is 1. The zero-order valence-electron chi connectivity index (χ0n) is 15.6. The number of nitrogens with one attached hydrogen (secondary N) is 2. The molecule has 2 rings (SSSR count). The number of carbonyl (C=O) groups is 2. The molecule has 0 bridgehead atoms. The predicted molar refractivity (Wildman–Crippen MR) is 99.7 cm³/mol. The first-order chi connectivity index (χ1) is 13.6. The fraction of sp³-hybridized carbons (Fsp3) is 0.222. The van der Waals surface area contributed by atoms with Crippen LogP contribution >= 0.6 is 0 Å². The van der Waals surface area contributed by atoms with Crippen LogP contribution in [0.15, 0.2) is 53.4 Å². The summed E-state index contributed by atoms with van der Waals surface area (Å²) in [6.07, 6.45) is 0. The van der Waals surface area contributed by atoms with Gasteiger partial charge in [0, 0.05) is 12.6 Å². The van der Waals surface area contributed by atoms with Crippen molar-refractivity contribution in [1.29, 1.82) is 0 Å². The van der Waals surface area contributed by atoms with E-state index in [9.17, 15) is 26.8 Å². The van der Waals surface area contributed by atoms with E-state index in [1.54, 1.807) is 12.1 Å². The molecule has 0 atom stereocenters. The van der Waals surface area contributed by atoms with E-state index in [0.717, 1.165) is 15.9 Å². The molecule has 2 N–H and O–H groups in total. The molecule has 0 aliphatic carbocycles. The summed E-state index contributed by atoms with van der Waals surface area (Å²) in [6, 6.07) is 11.1. The molecule has 0 fully saturated rings. The number of halogens is 2. The zero-order valence-corrected chi connectivity index (χ0v) is 16.4. The van der Waals surface area contributed by atoms with Crippen molar-refractivity contribution in [3.8, 4) is 5.75 Å². The van der Waals surface area contributed by atoms with Crippen molar-refractivity contribution in [2.45, 2.75) is 18.4 Å². The molecule has 0 saturated heterocycles. The van der Waals surface area contributed by atoms with E-state index in [4.69, 9.17) is 0 Å². The van der Waals surface area contributed by atoms with Gasteiger partial charge in [-0.25, -0.2) is 8.42 Å². The van der Waals surface area contributed by atoms with E-state index in [2.05, 4.69) is 15.6 Å². The number of benzene rings is 2. The molecule has 11 heteroatoms. The lowest BCUT2D eigenvalue weighted by Gasteiger charge is -2.17. The number of hydrazine groups is 1. The monoisotopic (exact) mass is 427 g/mol. The first-order valence-electron chi connectivity index (χ1n) is 8.26. The highest BCUT2D eigenvalue weighted by Crippen LogP contribution is 2.16. The summed E-state index contributed by atoms with van der Waals surface area (Å²) >= 11 is 0. The van der Waals surface area contributed by atoms with Gasteiger partial charge in [-0.3, -0.25) is 20.4 Å². The number of rotatable bonds is 7. The highest BCUT2D eigenvalue weighted by atomic mass is 32.2. The molecule has 156 valence electrons. The minimum absolute atomic E-state index is 0.0262. The van der Waals surface area contributed by atoms with Crippen LogP contribution in [0.5, 0.6) is 5.75 Å². The van der Waals surface area contributed by atoms with Crippen molar-refractivity contribution >= 4 is 21.8 Å². The van der Waals surface area contributed by atoms with Gasteiger partial charge in [0.05, 0.1) is 11.4 Å². The van der Waals surface area contributed by atoms with Crippen molar-refractivity contribution in [2.24, 2.45) is 0 Å². The van der Waals surface area contributed by atoms with Crippen molar-refractivity contribution in [1.82, 2.24) is 15.2 Å². The molecule has 8 nitrogen and oxygen atoms in total. The lowest BCUT2D eigenvalue weighted by Crippen LogP contribution is -2.46. The van der Waals surface area contributed by atoms with Crippen molar-refractivity contribution in [2.75, 3.05) is 13.6 Å². The summed E-state index contributed by atoms with van der Waals surface area (Å²) in [5, 5.41) is 0. The fourth-order valence-corrected chi connectivity index (χ4v) is 3.36. The average Bonchev–Trinajstić information content (AvgIpc) is 2.66. The Bertz CT molecular complexity index is 981. The van der Waals surface area contributed by atoms with Gasteiger partial charge < -0.3 is 4.74 Å². The lowest BCUT2D eigenvalue weighted by atomic mass is 10.2. The molecule has 0 spiro atoms. The lowest BCUT2D eigenvalue weighted by molar-refractivity contribution is -0.121. The predicted octanol–water partition coefficient (Wildman–Crippen LogP) is 1.68. The van der Waals surface area contributed by atoms with Gasteiger partial charge in [0.15, 0.2) is 0 Å². The van der Waals surface area contributed by atoms with Crippen LogP contribution in [0.25, 0.3) is 0 Å². The Morgan fingerprint density at radius 1 is 1.10 bits per heavy atom. The van der Waals surface area contributed by atoms with Crippen LogP contribution < -0.4 is 15.6 Å². The van der Waals surface area contributed by atoms with E-state index in [0.29, 0.717) is 0 Å². The maximum Gasteiger partial charge on any atom is 0.387 e. The number of hydrogen-bond donors (Lipinski definition) is 2. The second-order valence-corrected chi connectivity index (χ2v) is 8.03. The number of sulfonamides is 1. The third-order valence-electron chi connectivity index (χ3n) is 3.73. The molecule has 0 aromatic heterocycles. The summed E-state index contributed by atoms with van der Waals surface area (Å²) in [4.78, 5) is 24.0. The Morgan fingerprint density at radius 3 is 2.38 bits per heavy atom. The SMILES string of the molecule is Cc1ccc(S(=O)(=O)N(C)CC(=O)NNC(=O)c2cccc(OC(F)F)c2)cc1. The van der Waals surface area contributed by atoms with E-state index in [1.165, 1.54) is 37.4 Å². The van der Waals surface area contributed by atoms with Gasteiger partial charge in [-0.15, -0.1) is 0 Å². The zero-order chi connectivity index (χ0) is 21.6. The smallest absolute Gasteiger partial charge is 0.387 e. The van der Waals surface area contributed by atoms with Crippen LogP contribution in [-0.4, -0.2) is 44.7 Å². The number of likely N-dealkylation sites (N-methyl/N-ethyl adjacent to an activating group) is 1. The van der Waals surface area contributed by atoms with E-state index >= 15 is 0 Å². The van der Waals surface area contributed by atoms with Gasteiger partial charge in [-0.05, 0) is 37.3 Å². The molecule has 0 saturated carbocycles. The molecule has 0 radical (unpaired) electrons. The molecule has 0 heterocycles. The molecule has 0 aliphatic heterocycles. The summed E-state index contributed by atoms with van der Waals surface area (Å²) in [5.41, 5.74) is 5.00. The van der Waals surface area contributed by atoms with Gasteiger partial charge in [-0.1, -0.05) is 23.8 Å². The third kappa shape index (κ3) is 6.22. The van der Waals surface area contributed by atoms with Crippen LogP contribution in [0.1, 0.15) is 15.9 Å². The Labute approximate surface area is 166 Å². The molecule has 0 unspecified atom stereocenters. The normalized spacial score (nSPS) is 11.4. The molecule has 2 aromatic rings. The van der Waals surface area contributed by atoms with Crippen LogP contribution in [0.3, 0.4) is 0 Å². The topological polar surface area (TPSA) is 105 Å². The Balaban J connectivity index is 1.93. The van der Waals surface area contributed by atoms with E-state index in [1.807, 2.05) is 6.92 Å². The first-order valence-corrected chi connectivity index (χ1v) is 9.70. The maximum absolute atomic E-state index is 12.4. The fourth-order valence-electron chi connectivity index (χ4n) is 2.23. The molecule has 0 aliphatic rings. The second-order valence-electron chi connectivity index (χ2n) is 5.98. The van der Waals surface area contributed by atoms with E-state index < -0.39 is 35.0 Å². The Hall–Kier alpha value is -3.05. The van der Waals surface area contributed by atoms with Crippen LogP contribution in [-0.2, 0) is 14.8 Å². The third-order valence-corrected chi connectivity index (χ3v) is 5.55. The molecule has 29 heavy (non-hydrogen) atoms. The summed E-state index contributed by atoms with van der Waals surface area (Å²) in [7, 11) is -2.66. The summed E-state index contributed by atoms with van der Waals surface area (Å²) in [5.74, 6) is -1.80.